The number of Topliss-reactive ketones (excluding diaryl/α,β-unsaturated/α-hetero) is 1. The molecule has 1 atom stereocenters. The zero-order valence-electron chi connectivity index (χ0n) is 19.9. The Morgan fingerprint density at radius 1 is 1.12 bits per heavy atom. The summed E-state index contributed by atoms with van der Waals surface area (Å²) in [5, 5.41) is 0. The zero-order chi connectivity index (χ0) is 24.6. The molecule has 0 amide bonds. The Balaban J connectivity index is 2.00. The number of ketones is 1. The summed E-state index contributed by atoms with van der Waals surface area (Å²) in [5.74, 6) is -0.938. The summed E-state index contributed by atoms with van der Waals surface area (Å²) < 4.78 is 24.4. The molecule has 2 aromatic rings. The number of ether oxygens (including phenoxy) is 2. The van der Waals surface area contributed by atoms with Crippen LogP contribution in [0.4, 0.5) is 10.1 Å². The molecule has 2 aromatic carbocycles. The molecule has 1 aliphatic heterocycles. The normalized spacial score (nSPS) is 19.7. The highest BCUT2D eigenvalue weighted by atomic mass is 19.1. The Hall–Kier alpha value is -3.61. The van der Waals surface area contributed by atoms with Crippen LogP contribution in [0.3, 0.4) is 0 Å². The van der Waals surface area contributed by atoms with E-state index in [2.05, 4.69) is 0 Å². The summed E-state index contributed by atoms with van der Waals surface area (Å²) in [6.07, 6.45) is 0.907. The molecule has 4 rings (SSSR count). The molecule has 0 aromatic heterocycles. The number of nitrogens with two attached hydrogens (primary N) is 1. The largest absolute Gasteiger partial charge is 0.497 e. The Morgan fingerprint density at radius 3 is 2.35 bits per heavy atom. The lowest BCUT2D eigenvalue weighted by Gasteiger charge is -2.44. The standard InChI is InChI=1S/C27H29FN2O4/c1-5-34-26(32)24-22(16-6-8-17(28)9-7-16)23-20(14-27(2,3)15-21(23)31)30(25(24)29)18-10-12-19(33-4)13-11-18/h6-13,22H,5,14-15,29H2,1-4H3/t22-/m1/s1. The smallest absolute Gasteiger partial charge is 0.338 e. The van der Waals surface area contributed by atoms with E-state index in [4.69, 9.17) is 15.2 Å². The number of hydrogen-bond acceptors (Lipinski definition) is 6. The van der Waals surface area contributed by atoms with E-state index < -0.39 is 17.7 Å². The molecule has 0 unspecified atom stereocenters. The number of methoxy groups -OCH3 is 1. The highest BCUT2D eigenvalue weighted by Crippen LogP contribution is 2.50. The van der Waals surface area contributed by atoms with E-state index >= 15 is 0 Å². The highest BCUT2D eigenvalue weighted by molar-refractivity contribution is 6.05. The van der Waals surface area contributed by atoms with Crippen LogP contribution < -0.4 is 15.4 Å². The first-order chi connectivity index (χ1) is 16.2. The number of esters is 1. The van der Waals surface area contributed by atoms with E-state index in [1.165, 1.54) is 12.1 Å². The average molecular weight is 465 g/mol. The number of anilines is 1. The number of benzene rings is 2. The lowest BCUT2D eigenvalue weighted by Crippen LogP contribution is -2.43. The fourth-order valence-corrected chi connectivity index (χ4v) is 4.83. The number of carbonyl (C=O) groups is 2. The number of allylic oxidation sites excluding steroid dienone is 2. The molecule has 0 bridgehead atoms. The molecular weight excluding hydrogens is 435 g/mol. The van der Waals surface area contributed by atoms with Crippen LogP contribution in [0, 0.1) is 11.2 Å². The number of carbonyl (C=O) groups excluding carboxylic acids is 2. The molecule has 0 fully saturated rings. The molecule has 0 radical (unpaired) electrons. The molecule has 0 saturated heterocycles. The predicted molar refractivity (Wildman–Crippen MR) is 128 cm³/mol. The minimum atomic E-state index is -0.743. The molecule has 2 N–H and O–H groups in total. The van der Waals surface area contributed by atoms with Gasteiger partial charge in [0.25, 0.3) is 0 Å². The third-order valence-electron chi connectivity index (χ3n) is 6.29. The molecule has 0 saturated carbocycles. The van der Waals surface area contributed by atoms with Crippen LogP contribution in [0.25, 0.3) is 0 Å². The third-order valence-corrected chi connectivity index (χ3v) is 6.29. The van der Waals surface area contributed by atoms with Crippen molar-refractivity contribution in [3.05, 3.63) is 82.6 Å². The first-order valence-corrected chi connectivity index (χ1v) is 11.3. The summed E-state index contributed by atoms with van der Waals surface area (Å²) in [6.45, 7) is 5.94. The Kier molecular flexibility index (Phi) is 6.21. The second kappa shape index (κ2) is 8.97. The van der Waals surface area contributed by atoms with Crippen molar-refractivity contribution in [2.75, 3.05) is 18.6 Å². The van der Waals surface area contributed by atoms with E-state index in [0.29, 0.717) is 35.4 Å². The van der Waals surface area contributed by atoms with Crippen molar-refractivity contribution >= 4 is 17.4 Å². The topological polar surface area (TPSA) is 81.9 Å². The van der Waals surface area contributed by atoms with Crippen molar-refractivity contribution in [3.63, 3.8) is 0 Å². The molecule has 7 heteroatoms. The molecule has 1 heterocycles. The Bertz CT molecular complexity index is 1180. The Labute approximate surface area is 198 Å². The van der Waals surface area contributed by atoms with Gasteiger partial charge in [-0.3, -0.25) is 9.69 Å². The maximum absolute atomic E-state index is 13.7. The first-order valence-electron chi connectivity index (χ1n) is 11.3. The van der Waals surface area contributed by atoms with E-state index in [0.717, 1.165) is 5.70 Å². The summed E-state index contributed by atoms with van der Waals surface area (Å²) in [7, 11) is 1.58. The number of rotatable bonds is 5. The molecule has 6 nitrogen and oxygen atoms in total. The zero-order valence-corrected chi connectivity index (χ0v) is 19.9. The average Bonchev–Trinajstić information content (AvgIpc) is 2.78. The van der Waals surface area contributed by atoms with Gasteiger partial charge in [0.2, 0.25) is 0 Å². The van der Waals surface area contributed by atoms with Crippen molar-refractivity contribution in [2.45, 2.75) is 39.5 Å². The van der Waals surface area contributed by atoms with Crippen LogP contribution in [-0.2, 0) is 14.3 Å². The molecule has 178 valence electrons. The highest BCUT2D eigenvalue weighted by Gasteiger charge is 2.46. The van der Waals surface area contributed by atoms with Gasteiger partial charge in [-0.15, -0.1) is 0 Å². The molecule has 1 aliphatic carbocycles. The lowest BCUT2D eigenvalue weighted by molar-refractivity contribution is -0.138. The van der Waals surface area contributed by atoms with Crippen molar-refractivity contribution in [3.8, 4) is 5.75 Å². The van der Waals surface area contributed by atoms with Gasteiger partial charge in [0.05, 0.1) is 25.2 Å². The van der Waals surface area contributed by atoms with Gasteiger partial charge in [-0.2, -0.15) is 0 Å². The summed E-state index contributed by atoms with van der Waals surface area (Å²) in [5.41, 5.74) is 9.15. The number of hydrogen-bond donors (Lipinski definition) is 1. The van der Waals surface area contributed by atoms with Crippen molar-refractivity contribution in [1.29, 1.82) is 0 Å². The molecule has 0 spiro atoms. The van der Waals surface area contributed by atoms with Crippen LogP contribution in [0.2, 0.25) is 0 Å². The van der Waals surface area contributed by atoms with Gasteiger partial charge < -0.3 is 15.2 Å². The van der Waals surface area contributed by atoms with E-state index in [1.54, 1.807) is 43.2 Å². The van der Waals surface area contributed by atoms with Crippen molar-refractivity contribution < 1.29 is 23.5 Å². The second-order valence-electron chi connectivity index (χ2n) is 9.34. The SMILES string of the molecule is CCOC(=O)C1=C(N)N(c2ccc(OC)cc2)C2=C(C(=O)CC(C)(C)C2)[C@H]1c1ccc(F)cc1. The quantitative estimate of drug-likeness (QED) is 0.640. The van der Waals surface area contributed by atoms with Gasteiger partial charge in [0.15, 0.2) is 5.78 Å². The van der Waals surface area contributed by atoms with Gasteiger partial charge >= 0.3 is 5.97 Å². The maximum Gasteiger partial charge on any atom is 0.338 e. The minimum absolute atomic E-state index is 0.0617. The van der Waals surface area contributed by atoms with Gasteiger partial charge in [0, 0.05) is 23.4 Å². The van der Waals surface area contributed by atoms with E-state index in [-0.39, 0.29) is 29.2 Å². The van der Waals surface area contributed by atoms with Crippen LogP contribution in [0.1, 0.15) is 45.1 Å². The van der Waals surface area contributed by atoms with Gasteiger partial charge in [-0.05, 0) is 60.7 Å². The fraction of sp³-hybridized carbons (Fsp3) is 0.333. The number of halogens is 1. The van der Waals surface area contributed by atoms with Gasteiger partial charge in [-0.25, -0.2) is 9.18 Å². The monoisotopic (exact) mass is 464 g/mol. The van der Waals surface area contributed by atoms with Crippen LogP contribution in [-0.4, -0.2) is 25.5 Å². The van der Waals surface area contributed by atoms with Crippen LogP contribution in [0.15, 0.2) is 71.2 Å². The number of nitrogens with zero attached hydrogens (tertiary/aromatic N) is 1. The minimum Gasteiger partial charge on any atom is -0.497 e. The maximum atomic E-state index is 13.7. The van der Waals surface area contributed by atoms with Gasteiger partial charge in [-0.1, -0.05) is 26.0 Å². The second-order valence-corrected chi connectivity index (χ2v) is 9.34. The molecule has 34 heavy (non-hydrogen) atoms. The van der Waals surface area contributed by atoms with E-state index in [9.17, 15) is 14.0 Å². The van der Waals surface area contributed by atoms with Crippen molar-refractivity contribution in [1.82, 2.24) is 0 Å². The molecular formula is C27H29FN2O4. The lowest BCUT2D eigenvalue weighted by atomic mass is 9.68. The fourth-order valence-electron chi connectivity index (χ4n) is 4.83. The van der Waals surface area contributed by atoms with Crippen molar-refractivity contribution in [2.24, 2.45) is 11.1 Å². The molecule has 2 aliphatic rings. The summed E-state index contributed by atoms with van der Waals surface area (Å²) in [6, 6.07) is 13.1. The predicted octanol–water partition coefficient (Wildman–Crippen LogP) is 4.81. The van der Waals surface area contributed by atoms with Gasteiger partial charge in [0.1, 0.15) is 17.4 Å². The summed E-state index contributed by atoms with van der Waals surface area (Å²) in [4.78, 5) is 28.6. The van der Waals surface area contributed by atoms with E-state index in [1.807, 2.05) is 26.0 Å². The third kappa shape index (κ3) is 4.18. The first kappa shape index (κ1) is 23.5. The van der Waals surface area contributed by atoms with Crippen LogP contribution >= 0.6 is 0 Å². The Morgan fingerprint density at radius 2 is 1.76 bits per heavy atom. The summed E-state index contributed by atoms with van der Waals surface area (Å²) >= 11 is 0. The van der Waals surface area contributed by atoms with Crippen LogP contribution in [0.5, 0.6) is 5.75 Å².